The van der Waals surface area contributed by atoms with Crippen molar-refractivity contribution in [3.8, 4) is 0 Å². The molecule has 2 amide bonds. The minimum absolute atomic E-state index is 0.239. The molecule has 0 bridgehead atoms. The van der Waals surface area contributed by atoms with E-state index in [1.807, 2.05) is 0 Å². The molecule has 0 aliphatic heterocycles. The number of nitrogens with zero attached hydrogens (tertiary/aromatic N) is 3. The summed E-state index contributed by atoms with van der Waals surface area (Å²) in [5.74, 6) is -0.689. The van der Waals surface area contributed by atoms with Crippen molar-refractivity contribution in [1.29, 1.82) is 0 Å². The van der Waals surface area contributed by atoms with Gasteiger partial charge in [-0.2, -0.15) is 0 Å². The van der Waals surface area contributed by atoms with Crippen LogP contribution in [0.25, 0.3) is 0 Å². The van der Waals surface area contributed by atoms with E-state index in [-0.39, 0.29) is 24.0 Å². The fraction of sp³-hybridized carbons (Fsp3) is 0.320. The van der Waals surface area contributed by atoms with Gasteiger partial charge in [0.15, 0.2) is 5.82 Å². The maximum atomic E-state index is 13.9. The van der Waals surface area contributed by atoms with Crippen LogP contribution in [0.3, 0.4) is 0 Å². The van der Waals surface area contributed by atoms with Gasteiger partial charge in [-0.25, -0.2) is 14.4 Å². The van der Waals surface area contributed by atoms with Crippen LogP contribution in [0.1, 0.15) is 48.0 Å². The summed E-state index contributed by atoms with van der Waals surface area (Å²) in [6.07, 6.45) is 12.3. The molecule has 1 aliphatic rings. The Hall–Kier alpha value is -3.88. The molecule has 0 spiro atoms. The molecule has 0 unspecified atom stereocenters. The topological polar surface area (TPSA) is 109 Å². The number of pyridine rings is 1. The van der Waals surface area contributed by atoms with E-state index in [9.17, 15) is 14.0 Å². The first-order valence-electron chi connectivity index (χ1n) is 11.4. The third kappa shape index (κ3) is 6.34. The van der Waals surface area contributed by atoms with Gasteiger partial charge in [0.25, 0.3) is 5.91 Å². The summed E-state index contributed by atoms with van der Waals surface area (Å²) < 4.78 is 13.9. The van der Waals surface area contributed by atoms with Gasteiger partial charge in [0.2, 0.25) is 5.91 Å². The molecule has 1 fully saturated rings. The number of carbonyl (C=O) groups excluding carboxylic acids is 2. The number of benzene rings is 1. The molecule has 0 saturated heterocycles. The second-order valence-electron chi connectivity index (χ2n) is 8.44. The number of hydrogen-bond acceptors (Lipinski definition) is 6. The smallest absolute Gasteiger partial charge is 0.252 e. The van der Waals surface area contributed by atoms with Gasteiger partial charge in [-0.3, -0.25) is 14.6 Å². The molecule has 1 aliphatic carbocycles. The zero-order valence-electron chi connectivity index (χ0n) is 18.7. The molecule has 3 N–H and O–H groups in total. The zero-order chi connectivity index (χ0) is 23.8. The van der Waals surface area contributed by atoms with E-state index in [2.05, 4.69) is 30.9 Å². The SMILES string of the molecule is O=C(N[C@@H](CC1CCCC1)C(=O)NCc1cncnc1)c1cccc(Nc2ccncc2F)c1. The van der Waals surface area contributed by atoms with Gasteiger partial charge < -0.3 is 16.0 Å². The van der Waals surface area contributed by atoms with Gasteiger partial charge in [0, 0.05) is 41.9 Å². The fourth-order valence-electron chi connectivity index (χ4n) is 4.16. The molecule has 1 saturated carbocycles. The standard InChI is InChI=1S/C25H27FN6O2/c26-21-15-27-9-8-22(21)31-20-7-3-6-19(11-20)24(33)32-23(10-17-4-1-2-5-17)25(34)30-14-18-12-28-16-29-13-18/h3,6-9,11-13,15-17,23H,1-2,4-5,10,14H2,(H,27,31)(H,30,34)(H,32,33)/t23-/m0/s1. The first-order valence-corrected chi connectivity index (χ1v) is 11.4. The number of nitrogens with one attached hydrogen (secondary N) is 3. The zero-order valence-corrected chi connectivity index (χ0v) is 18.7. The van der Waals surface area contributed by atoms with Crippen LogP contribution >= 0.6 is 0 Å². The molecular formula is C25H27FN6O2. The van der Waals surface area contributed by atoms with Crippen LogP contribution in [0.5, 0.6) is 0 Å². The lowest BCUT2D eigenvalue weighted by molar-refractivity contribution is -0.123. The molecule has 34 heavy (non-hydrogen) atoms. The fourth-order valence-corrected chi connectivity index (χ4v) is 4.16. The average Bonchev–Trinajstić information content (AvgIpc) is 3.37. The van der Waals surface area contributed by atoms with Crippen molar-refractivity contribution in [1.82, 2.24) is 25.6 Å². The number of carbonyl (C=O) groups is 2. The molecule has 1 atom stereocenters. The number of rotatable bonds is 9. The molecule has 8 nitrogen and oxygen atoms in total. The summed E-state index contributed by atoms with van der Waals surface area (Å²) in [5, 5.41) is 8.75. The maximum absolute atomic E-state index is 13.9. The lowest BCUT2D eigenvalue weighted by Gasteiger charge is -2.22. The van der Waals surface area contributed by atoms with E-state index in [0.29, 0.717) is 23.6 Å². The molecule has 2 aromatic heterocycles. The van der Waals surface area contributed by atoms with Crippen molar-refractivity contribution in [2.45, 2.75) is 44.7 Å². The number of amides is 2. The van der Waals surface area contributed by atoms with E-state index < -0.39 is 11.9 Å². The number of hydrogen-bond donors (Lipinski definition) is 3. The van der Waals surface area contributed by atoms with E-state index in [0.717, 1.165) is 37.4 Å². The second kappa shape index (κ2) is 11.3. The van der Waals surface area contributed by atoms with Crippen molar-refractivity contribution in [3.63, 3.8) is 0 Å². The number of anilines is 2. The van der Waals surface area contributed by atoms with Crippen molar-refractivity contribution in [2.75, 3.05) is 5.32 Å². The largest absolute Gasteiger partial charge is 0.353 e. The van der Waals surface area contributed by atoms with Gasteiger partial charge >= 0.3 is 0 Å². The number of aromatic nitrogens is 3. The molecule has 2 heterocycles. The van der Waals surface area contributed by atoms with Gasteiger partial charge in [0.05, 0.1) is 11.9 Å². The molecule has 1 aromatic carbocycles. The highest BCUT2D eigenvalue weighted by Gasteiger charge is 2.27. The molecule has 3 aromatic rings. The average molecular weight is 463 g/mol. The van der Waals surface area contributed by atoms with E-state index >= 15 is 0 Å². The third-order valence-corrected chi connectivity index (χ3v) is 5.92. The summed E-state index contributed by atoms with van der Waals surface area (Å²) >= 11 is 0. The lowest BCUT2D eigenvalue weighted by Crippen LogP contribution is -2.47. The van der Waals surface area contributed by atoms with Gasteiger partial charge in [0.1, 0.15) is 12.4 Å². The predicted octanol–water partition coefficient (Wildman–Crippen LogP) is 3.75. The van der Waals surface area contributed by atoms with Gasteiger partial charge in [-0.05, 0) is 36.6 Å². The van der Waals surface area contributed by atoms with Crippen LogP contribution in [-0.4, -0.2) is 32.8 Å². The Kier molecular flexibility index (Phi) is 7.75. The Bertz CT molecular complexity index is 1120. The molecule has 0 radical (unpaired) electrons. The summed E-state index contributed by atoms with van der Waals surface area (Å²) in [7, 11) is 0. The minimum Gasteiger partial charge on any atom is -0.353 e. The summed E-state index contributed by atoms with van der Waals surface area (Å²) in [5.41, 5.74) is 1.97. The van der Waals surface area contributed by atoms with Gasteiger partial charge in [-0.15, -0.1) is 0 Å². The Labute approximate surface area is 197 Å². The minimum atomic E-state index is -0.658. The van der Waals surface area contributed by atoms with Crippen LogP contribution in [0, 0.1) is 11.7 Å². The van der Waals surface area contributed by atoms with E-state index in [1.54, 1.807) is 36.7 Å². The third-order valence-electron chi connectivity index (χ3n) is 5.92. The Balaban J connectivity index is 1.44. The quantitative estimate of drug-likeness (QED) is 0.447. The first-order chi connectivity index (χ1) is 16.6. The summed E-state index contributed by atoms with van der Waals surface area (Å²) in [4.78, 5) is 37.7. The Morgan fingerprint density at radius 1 is 1.06 bits per heavy atom. The second-order valence-corrected chi connectivity index (χ2v) is 8.44. The molecule has 9 heteroatoms. The van der Waals surface area contributed by atoms with E-state index in [4.69, 9.17) is 0 Å². The summed E-state index contributed by atoms with van der Waals surface area (Å²) in [6.45, 7) is 0.285. The van der Waals surface area contributed by atoms with Crippen molar-refractivity contribution in [3.05, 3.63) is 78.4 Å². The monoisotopic (exact) mass is 462 g/mol. The van der Waals surface area contributed by atoms with Crippen LogP contribution in [-0.2, 0) is 11.3 Å². The highest BCUT2D eigenvalue weighted by molar-refractivity contribution is 5.98. The molecule has 176 valence electrons. The Morgan fingerprint density at radius 2 is 1.85 bits per heavy atom. The Morgan fingerprint density at radius 3 is 2.62 bits per heavy atom. The van der Waals surface area contributed by atoms with Crippen LogP contribution in [0.15, 0.2) is 61.4 Å². The maximum Gasteiger partial charge on any atom is 0.252 e. The highest BCUT2D eigenvalue weighted by atomic mass is 19.1. The lowest BCUT2D eigenvalue weighted by atomic mass is 9.97. The van der Waals surface area contributed by atoms with E-state index in [1.165, 1.54) is 18.6 Å². The molecular weight excluding hydrogens is 435 g/mol. The van der Waals surface area contributed by atoms with Gasteiger partial charge in [-0.1, -0.05) is 31.7 Å². The highest BCUT2D eigenvalue weighted by Crippen LogP contribution is 2.29. The van der Waals surface area contributed by atoms with Crippen LogP contribution in [0.4, 0.5) is 15.8 Å². The predicted molar refractivity (Wildman–Crippen MR) is 126 cm³/mol. The van der Waals surface area contributed by atoms with Crippen molar-refractivity contribution >= 4 is 23.2 Å². The number of halogens is 1. The van der Waals surface area contributed by atoms with Crippen LogP contribution < -0.4 is 16.0 Å². The summed E-state index contributed by atoms with van der Waals surface area (Å²) in [6, 6.07) is 7.59. The normalized spacial score (nSPS) is 14.4. The van der Waals surface area contributed by atoms with Crippen molar-refractivity contribution in [2.24, 2.45) is 5.92 Å². The van der Waals surface area contributed by atoms with Crippen LogP contribution in [0.2, 0.25) is 0 Å². The van der Waals surface area contributed by atoms with Crippen molar-refractivity contribution < 1.29 is 14.0 Å². The molecule has 4 rings (SSSR count). The first kappa shape index (κ1) is 23.3.